The topological polar surface area (TPSA) is 145 Å². The summed E-state index contributed by atoms with van der Waals surface area (Å²) >= 11 is 0. The van der Waals surface area contributed by atoms with Crippen molar-refractivity contribution in [1.29, 1.82) is 0 Å². The highest BCUT2D eigenvalue weighted by Gasteiger charge is 2.34. The molecule has 0 aliphatic carbocycles. The zero-order chi connectivity index (χ0) is 32.5. The van der Waals surface area contributed by atoms with Gasteiger partial charge in [-0.2, -0.15) is 0 Å². The summed E-state index contributed by atoms with van der Waals surface area (Å²) in [5.41, 5.74) is 2.09. The number of nitrogens with zero attached hydrogens (tertiary/aromatic N) is 1. The van der Waals surface area contributed by atoms with Crippen LogP contribution in [-0.4, -0.2) is 81.1 Å². The van der Waals surface area contributed by atoms with Crippen LogP contribution in [0, 0.1) is 0 Å². The SMILES string of the molecule is COc1cc2ccc1CNC(=O)CCc1ccc(OC)c(c1)OCC(=O)N[C@@H]1CN(C(=O)CNC(=O)c3ccccc3)CC[C@@H]1O2. The van der Waals surface area contributed by atoms with Crippen molar-refractivity contribution >= 4 is 23.6 Å². The number of benzene rings is 3. The Morgan fingerprint density at radius 1 is 0.957 bits per heavy atom. The summed E-state index contributed by atoms with van der Waals surface area (Å²) in [6, 6.07) is 18.8. The van der Waals surface area contributed by atoms with E-state index in [4.69, 9.17) is 18.9 Å². The third-order valence-electron chi connectivity index (χ3n) is 7.93. The zero-order valence-corrected chi connectivity index (χ0v) is 25.9. The fourth-order valence-corrected chi connectivity index (χ4v) is 5.44. The van der Waals surface area contributed by atoms with Gasteiger partial charge < -0.3 is 39.8 Å². The molecule has 0 unspecified atom stereocenters. The molecular weight excluding hydrogens is 592 g/mol. The van der Waals surface area contributed by atoms with E-state index in [2.05, 4.69) is 16.0 Å². The van der Waals surface area contributed by atoms with Crippen LogP contribution in [-0.2, 0) is 27.3 Å². The number of hydrogen-bond donors (Lipinski definition) is 3. The van der Waals surface area contributed by atoms with E-state index in [0.29, 0.717) is 47.9 Å². The highest BCUT2D eigenvalue weighted by atomic mass is 16.5. The van der Waals surface area contributed by atoms with Crippen LogP contribution in [0.25, 0.3) is 0 Å². The van der Waals surface area contributed by atoms with E-state index in [9.17, 15) is 19.2 Å². The first kappa shape index (κ1) is 32.1. The molecule has 3 aliphatic rings. The summed E-state index contributed by atoms with van der Waals surface area (Å²) in [4.78, 5) is 53.1. The van der Waals surface area contributed by atoms with Gasteiger partial charge in [-0.3, -0.25) is 19.2 Å². The first-order valence-corrected chi connectivity index (χ1v) is 15.1. The summed E-state index contributed by atoms with van der Waals surface area (Å²) in [5, 5.41) is 8.60. The number of amides is 4. The van der Waals surface area contributed by atoms with Crippen molar-refractivity contribution in [2.75, 3.05) is 40.5 Å². The second-order valence-electron chi connectivity index (χ2n) is 11.0. The van der Waals surface area contributed by atoms with Gasteiger partial charge in [-0.05, 0) is 48.4 Å². The molecule has 3 aliphatic heterocycles. The van der Waals surface area contributed by atoms with Gasteiger partial charge in [0.1, 0.15) is 17.6 Å². The molecule has 2 atom stereocenters. The highest BCUT2D eigenvalue weighted by molar-refractivity contribution is 5.96. The summed E-state index contributed by atoms with van der Waals surface area (Å²) in [5.74, 6) is 0.725. The van der Waals surface area contributed by atoms with Gasteiger partial charge in [-0.15, -0.1) is 0 Å². The first-order chi connectivity index (χ1) is 22.3. The van der Waals surface area contributed by atoms with E-state index < -0.39 is 18.1 Å². The minimum Gasteiger partial charge on any atom is -0.496 e. The Bertz CT molecular complexity index is 1560. The quantitative estimate of drug-likeness (QED) is 0.390. The number of carbonyl (C=O) groups is 4. The monoisotopic (exact) mass is 630 g/mol. The van der Waals surface area contributed by atoms with Gasteiger partial charge in [0.25, 0.3) is 11.8 Å². The molecule has 0 spiro atoms. The van der Waals surface area contributed by atoms with Crippen molar-refractivity contribution in [3.05, 3.63) is 83.4 Å². The van der Waals surface area contributed by atoms with E-state index in [1.54, 1.807) is 60.5 Å². The van der Waals surface area contributed by atoms with Gasteiger partial charge in [0.2, 0.25) is 11.8 Å². The lowest BCUT2D eigenvalue weighted by molar-refractivity contribution is -0.134. The lowest BCUT2D eigenvalue weighted by Crippen LogP contribution is -2.59. The third kappa shape index (κ3) is 8.26. The number of fused-ring (bicyclic) bond motifs is 9. The maximum atomic E-state index is 13.2. The van der Waals surface area contributed by atoms with Crippen LogP contribution < -0.4 is 34.9 Å². The summed E-state index contributed by atoms with van der Waals surface area (Å²) < 4.78 is 23.2. The van der Waals surface area contributed by atoms with Crippen LogP contribution in [0.15, 0.2) is 66.7 Å². The molecule has 4 amide bonds. The molecular formula is C34H38N4O8. The molecule has 0 radical (unpaired) electrons. The highest BCUT2D eigenvalue weighted by Crippen LogP contribution is 2.30. The molecule has 46 heavy (non-hydrogen) atoms. The standard InChI is InChI=1S/C34H38N4O8/c1-43-28-12-8-22-9-13-31(39)35-18-24-10-11-25(17-29(24)44-2)46-27-14-15-38(20-26(27)37-32(40)21-45-30(28)16-22)33(41)19-36-34(42)23-6-4-3-5-7-23/h3-8,10-12,16-17,26-27H,9,13-15,18-21H2,1-2H3,(H,35,39)(H,36,42)(H,37,40)/t26-,27+/m1/s1. The number of aryl methyl sites for hydroxylation is 1. The van der Waals surface area contributed by atoms with E-state index >= 15 is 0 Å². The van der Waals surface area contributed by atoms with E-state index in [-0.39, 0.29) is 50.4 Å². The molecule has 3 aromatic rings. The smallest absolute Gasteiger partial charge is 0.258 e. The van der Waals surface area contributed by atoms with Gasteiger partial charge >= 0.3 is 0 Å². The number of rotatable bonds is 5. The normalized spacial score (nSPS) is 18.6. The minimum absolute atomic E-state index is 0.123. The lowest BCUT2D eigenvalue weighted by atomic mass is 10.0. The maximum absolute atomic E-state index is 13.2. The third-order valence-corrected chi connectivity index (χ3v) is 7.93. The van der Waals surface area contributed by atoms with Crippen LogP contribution in [0.2, 0.25) is 0 Å². The molecule has 1 saturated heterocycles. The molecule has 1 fully saturated rings. The van der Waals surface area contributed by atoms with Gasteiger partial charge in [-0.25, -0.2) is 0 Å². The molecule has 4 bridgehead atoms. The number of piperidine rings is 1. The van der Waals surface area contributed by atoms with E-state index in [1.807, 2.05) is 18.2 Å². The summed E-state index contributed by atoms with van der Waals surface area (Å²) in [6.07, 6.45) is 0.647. The average Bonchev–Trinajstić information content (AvgIpc) is 3.08. The van der Waals surface area contributed by atoms with E-state index in [1.165, 1.54) is 7.11 Å². The number of hydrogen-bond acceptors (Lipinski definition) is 8. The number of methoxy groups -OCH3 is 2. The zero-order valence-electron chi connectivity index (χ0n) is 25.9. The van der Waals surface area contributed by atoms with Crippen molar-refractivity contribution < 1.29 is 38.1 Å². The molecule has 242 valence electrons. The first-order valence-electron chi connectivity index (χ1n) is 15.1. The van der Waals surface area contributed by atoms with Gasteiger partial charge in [0, 0.05) is 49.7 Å². The van der Waals surface area contributed by atoms with Crippen LogP contribution in [0.3, 0.4) is 0 Å². The second-order valence-corrected chi connectivity index (χ2v) is 11.0. The number of likely N-dealkylation sites (tertiary alicyclic amines) is 1. The summed E-state index contributed by atoms with van der Waals surface area (Å²) in [6.45, 7) is 0.302. The number of nitrogens with one attached hydrogen (secondary N) is 3. The van der Waals surface area contributed by atoms with Gasteiger partial charge in [0.15, 0.2) is 18.1 Å². The average molecular weight is 631 g/mol. The largest absolute Gasteiger partial charge is 0.496 e. The van der Waals surface area contributed by atoms with Crippen LogP contribution >= 0.6 is 0 Å². The molecule has 3 N–H and O–H groups in total. The number of ether oxygens (including phenoxy) is 4. The molecule has 0 aromatic heterocycles. The molecule has 3 heterocycles. The Labute approximate surface area is 267 Å². The molecule has 0 saturated carbocycles. The summed E-state index contributed by atoms with van der Waals surface area (Å²) in [7, 11) is 3.06. The van der Waals surface area contributed by atoms with Gasteiger partial charge in [-0.1, -0.05) is 24.3 Å². The molecule has 3 aromatic carbocycles. The van der Waals surface area contributed by atoms with Crippen molar-refractivity contribution in [3.8, 4) is 23.0 Å². The Morgan fingerprint density at radius 3 is 2.54 bits per heavy atom. The minimum atomic E-state index is -0.584. The Balaban J connectivity index is 1.34. The van der Waals surface area contributed by atoms with Crippen LogP contribution in [0.4, 0.5) is 0 Å². The Morgan fingerprint density at radius 2 is 1.76 bits per heavy atom. The Kier molecular flexibility index (Phi) is 10.6. The van der Waals surface area contributed by atoms with Crippen molar-refractivity contribution in [2.24, 2.45) is 0 Å². The second kappa shape index (κ2) is 15.2. The van der Waals surface area contributed by atoms with Crippen molar-refractivity contribution in [1.82, 2.24) is 20.9 Å². The Hall–Kier alpha value is -5.26. The van der Waals surface area contributed by atoms with Crippen molar-refractivity contribution in [2.45, 2.75) is 38.0 Å². The molecule has 12 heteroatoms. The molecule has 12 nitrogen and oxygen atoms in total. The predicted octanol–water partition coefficient (Wildman–Crippen LogP) is 2.24. The van der Waals surface area contributed by atoms with E-state index in [0.717, 1.165) is 11.1 Å². The predicted molar refractivity (Wildman–Crippen MR) is 168 cm³/mol. The van der Waals surface area contributed by atoms with Crippen LogP contribution in [0.5, 0.6) is 23.0 Å². The molecule has 6 rings (SSSR count). The lowest BCUT2D eigenvalue weighted by Gasteiger charge is -2.39. The number of carbonyl (C=O) groups excluding carboxylic acids is 4. The van der Waals surface area contributed by atoms with Crippen LogP contribution in [0.1, 0.15) is 34.3 Å². The maximum Gasteiger partial charge on any atom is 0.258 e. The van der Waals surface area contributed by atoms with Gasteiger partial charge in [0.05, 0.1) is 26.8 Å². The fourth-order valence-electron chi connectivity index (χ4n) is 5.44. The fraction of sp³-hybridized carbons (Fsp3) is 0.353. The van der Waals surface area contributed by atoms with Crippen molar-refractivity contribution in [3.63, 3.8) is 0 Å².